The molecule has 0 bridgehead atoms. The van der Waals surface area contributed by atoms with E-state index in [1.807, 2.05) is 21.0 Å². The summed E-state index contributed by atoms with van der Waals surface area (Å²) in [5.74, 6) is -0.589. The van der Waals surface area contributed by atoms with E-state index in [0.717, 1.165) is 0 Å². The second kappa shape index (κ2) is 7.26. The van der Waals surface area contributed by atoms with Crippen molar-refractivity contribution in [2.45, 2.75) is 19.9 Å². The van der Waals surface area contributed by atoms with Crippen molar-refractivity contribution in [1.29, 1.82) is 0 Å². The Morgan fingerprint density at radius 3 is 2.83 bits per heavy atom. The number of aliphatic carboxylic acids is 1. The number of anilines is 1. The predicted octanol–water partition coefficient (Wildman–Crippen LogP) is 0.795. The summed E-state index contributed by atoms with van der Waals surface area (Å²) in [6.45, 7) is 3.06. The fourth-order valence-corrected chi connectivity index (χ4v) is 2.67. The molecule has 2 amide bonds. The monoisotopic (exact) mass is 321 g/mol. The number of rotatable bonds is 4. The maximum absolute atomic E-state index is 12.3. The van der Waals surface area contributed by atoms with Crippen LogP contribution in [0.5, 0.6) is 0 Å². The van der Waals surface area contributed by atoms with Crippen molar-refractivity contribution in [1.82, 2.24) is 20.2 Å². The van der Waals surface area contributed by atoms with Gasteiger partial charge in [0.2, 0.25) is 5.95 Å². The molecule has 8 nitrogen and oxygen atoms in total. The molecule has 1 aromatic heterocycles. The number of likely N-dealkylation sites (tertiary alicyclic amines) is 1. The number of carboxylic acid groups (broad SMARTS) is 1. The molecule has 1 aromatic rings. The lowest BCUT2D eigenvalue weighted by Gasteiger charge is -2.34. The van der Waals surface area contributed by atoms with Crippen molar-refractivity contribution in [3.63, 3.8) is 0 Å². The minimum atomic E-state index is -0.847. The topological polar surface area (TPSA) is 98.7 Å². The van der Waals surface area contributed by atoms with Crippen molar-refractivity contribution in [2.75, 3.05) is 32.1 Å². The van der Waals surface area contributed by atoms with Gasteiger partial charge in [0.05, 0.1) is 18.2 Å². The van der Waals surface area contributed by atoms with E-state index < -0.39 is 11.9 Å². The molecule has 0 radical (unpaired) electrons. The average molecular weight is 321 g/mol. The summed E-state index contributed by atoms with van der Waals surface area (Å²) in [4.78, 5) is 35.3. The molecule has 0 spiro atoms. The van der Waals surface area contributed by atoms with E-state index in [2.05, 4.69) is 15.3 Å². The van der Waals surface area contributed by atoms with Gasteiger partial charge in [0, 0.05) is 33.4 Å². The standard InChI is InChI=1S/C15H23N5O3/c1-10-6-11(13(21)22)9-20(8-10)15(23)17-7-12-4-5-16-14(18-12)19(2)3/h4-5,10-11H,6-9H2,1-3H3,(H,17,23)(H,21,22). The molecular formula is C15H23N5O3. The minimum Gasteiger partial charge on any atom is -0.481 e. The Kier molecular flexibility index (Phi) is 5.36. The second-order valence-electron chi connectivity index (χ2n) is 6.18. The van der Waals surface area contributed by atoms with Crippen molar-refractivity contribution in [2.24, 2.45) is 11.8 Å². The van der Waals surface area contributed by atoms with Crippen LogP contribution < -0.4 is 10.2 Å². The summed E-state index contributed by atoms with van der Waals surface area (Å²) in [6.07, 6.45) is 2.25. The molecule has 0 aliphatic carbocycles. The number of urea groups is 1. The first-order valence-corrected chi connectivity index (χ1v) is 7.61. The van der Waals surface area contributed by atoms with Gasteiger partial charge in [0.25, 0.3) is 0 Å². The van der Waals surface area contributed by atoms with Crippen LogP contribution >= 0.6 is 0 Å². The fourth-order valence-electron chi connectivity index (χ4n) is 2.67. The molecule has 1 aliphatic heterocycles. The van der Waals surface area contributed by atoms with Gasteiger partial charge in [-0.3, -0.25) is 4.79 Å². The highest BCUT2D eigenvalue weighted by Crippen LogP contribution is 2.21. The van der Waals surface area contributed by atoms with Gasteiger partial charge in [-0.1, -0.05) is 6.92 Å². The lowest BCUT2D eigenvalue weighted by Crippen LogP contribution is -2.49. The van der Waals surface area contributed by atoms with E-state index in [1.54, 1.807) is 22.1 Å². The van der Waals surface area contributed by atoms with Gasteiger partial charge in [0.15, 0.2) is 0 Å². The van der Waals surface area contributed by atoms with E-state index >= 15 is 0 Å². The first kappa shape index (κ1) is 17.0. The Hall–Kier alpha value is -2.38. The molecular weight excluding hydrogens is 298 g/mol. The summed E-state index contributed by atoms with van der Waals surface area (Å²) < 4.78 is 0. The number of nitrogens with zero attached hydrogens (tertiary/aromatic N) is 4. The normalized spacial score (nSPS) is 20.9. The molecule has 2 N–H and O–H groups in total. The van der Waals surface area contributed by atoms with Gasteiger partial charge < -0.3 is 20.2 Å². The third-order valence-corrected chi connectivity index (χ3v) is 3.82. The first-order chi connectivity index (χ1) is 10.9. The van der Waals surface area contributed by atoms with Gasteiger partial charge in [-0.15, -0.1) is 0 Å². The number of carbonyl (C=O) groups is 2. The molecule has 1 saturated heterocycles. The largest absolute Gasteiger partial charge is 0.481 e. The van der Waals surface area contributed by atoms with E-state index in [0.29, 0.717) is 24.6 Å². The predicted molar refractivity (Wildman–Crippen MR) is 85.1 cm³/mol. The van der Waals surface area contributed by atoms with Crippen molar-refractivity contribution in [3.05, 3.63) is 18.0 Å². The van der Waals surface area contributed by atoms with E-state index in [-0.39, 0.29) is 25.0 Å². The summed E-state index contributed by atoms with van der Waals surface area (Å²) in [7, 11) is 3.69. The number of hydrogen-bond donors (Lipinski definition) is 2. The van der Waals surface area contributed by atoms with Crippen LogP contribution in [-0.2, 0) is 11.3 Å². The van der Waals surface area contributed by atoms with Crippen LogP contribution in [0.3, 0.4) is 0 Å². The van der Waals surface area contributed by atoms with E-state index in [9.17, 15) is 9.59 Å². The Labute approximate surface area is 135 Å². The molecule has 2 rings (SSSR count). The molecule has 23 heavy (non-hydrogen) atoms. The number of carboxylic acids is 1. The summed E-state index contributed by atoms with van der Waals surface area (Å²) >= 11 is 0. The number of amides is 2. The Bertz CT molecular complexity index is 578. The summed E-state index contributed by atoms with van der Waals surface area (Å²) in [5, 5.41) is 12.0. The summed E-state index contributed by atoms with van der Waals surface area (Å²) in [5.41, 5.74) is 0.705. The average Bonchev–Trinajstić information content (AvgIpc) is 2.52. The van der Waals surface area contributed by atoms with Gasteiger partial charge in [-0.25, -0.2) is 14.8 Å². The Balaban J connectivity index is 1.94. The molecule has 1 aliphatic rings. The molecule has 0 saturated carbocycles. The van der Waals surface area contributed by atoms with E-state index in [1.165, 1.54) is 0 Å². The molecule has 0 aromatic carbocycles. The lowest BCUT2D eigenvalue weighted by atomic mass is 9.91. The van der Waals surface area contributed by atoms with Crippen LogP contribution in [0.4, 0.5) is 10.7 Å². The van der Waals surface area contributed by atoms with Gasteiger partial charge in [-0.2, -0.15) is 0 Å². The molecule has 1 fully saturated rings. The smallest absolute Gasteiger partial charge is 0.317 e. The zero-order valence-corrected chi connectivity index (χ0v) is 13.7. The maximum atomic E-state index is 12.3. The quantitative estimate of drug-likeness (QED) is 0.851. The molecule has 126 valence electrons. The number of carbonyl (C=O) groups excluding carboxylic acids is 1. The van der Waals surface area contributed by atoms with Crippen LogP contribution in [0.1, 0.15) is 19.0 Å². The molecule has 2 unspecified atom stereocenters. The van der Waals surface area contributed by atoms with Crippen LogP contribution in [0.15, 0.2) is 12.3 Å². The second-order valence-corrected chi connectivity index (χ2v) is 6.18. The zero-order chi connectivity index (χ0) is 17.0. The van der Waals surface area contributed by atoms with Gasteiger partial charge >= 0.3 is 12.0 Å². The van der Waals surface area contributed by atoms with Gasteiger partial charge in [-0.05, 0) is 18.4 Å². The van der Waals surface area contributed by atoms with Crippen LogP contribution in [0.2, 0.25) is 0 Å². The molecule has 2 atom stereocenters. The third-order valence-electron chi connectivity index (χ3n) is 3.82. The van der Waals surface area contributed by atoms with Crippen LogP contribution in [0, 0.1) is 11.8 Å². The maximum Gasteiger partial charge on any atom is 0.317 e. The van der Waals surface area contributed by atoms with Crippen molar-refractivity contribution >= 4 is 17.9 Å². The first-order valence-electron chi connectivity index (χ1n) is 7.61. The number of nitrogens with one attached hydrogen (secondary N) is 1. The zero-order valence-electron chi connectivity index (χ0n) is 13.7. The lowest BCUT2D eigenvalue weighted by molar-refractivity contribution is -0.143. The Morgan fingerprint density at radius 2 is 2.17 bits per heavy atom. The third kappa shape index (κ3) is 4.54. The number of aromatic nitrogens is 2. The van der Waals surface area contributed by atoms with Gasteiger partial charge in [0.1, 0.15) is 0 Å². The highest BCUT2D eigenvalue weighted by atomic mass is 16.4. The van der Waals surface area contributed by atoms with Crippen LogP contribution in [0.25, 0.3) is 0 Å². The van der Waals surface area contributed by atoms with E-state index in [4.69, 9.17) is 5.11 Å². The number of hydrogen-bond acceptors (Lipinski definition) is 5. The molecule has 2 heterocycles. The molecule has 8 heteroatoms. The van der Waals surface area contributed by atoms with Crippen molar-refractivity contribution in [3.8, 4) is 0 Å². The highest BCUT2D eigenvalue weighted by Gasteiger charge is 2.31. The Morgan fingerprint density at radius 1 is 1.43 bits per heavy atom. The number of piperidine rings is 1. The highest BCUT2D eigenvalue weighted by molar-refractivity contribution is 5.76. The minimum absolute atomic E-state index is 0.176. The van der Waals surface area contributed by atoms with Crippen LogP contribution in [-0.4, -0.2) is 59.2 Å². The van der Waals surface area contributed by atoms with Crippen molar-refractivity contribution < 1.29 is 14.7 Å². The summed E-state index contributed by atoms with van der Waals surface area (Å²) in [6, 6.07) is 1.49. The SMILES string of the molecule is CC1CC(C(=O)O)CN(C(=O)NCc2ccnc(N(C)C)n2)C1. The fraction of sp³-hybridized carbons (Fsp3) is 0.600.